The average Bonchev–Trinajstić information content (AvgIpc) is 2.45. The molecule has 0 aromatic heterocycles. The normalized spacial score (nSPS) is 17.7. The molecule has 0 spiro atoms. The molecule has 5 heteroatoms. The van der Waals surface area contributed by atoms with Gasteiger partial charge in [0.1, 0.15) is 5.60 Å². The number of β-amino-alcohol motifs (C(OH)–C–C–N with tert-alkyl or cyclic N) is 1. The molecule has 0 bridgehead atoms. The van der Waals surface area contributed by atoms with Crippen molar-refractivity contribution in [2.45, 2.75) is 46.3 Å². The number of rotatable bonds is 3. The first-order valence-electron chi connectivity index (χ1n) is 8.61. The predicted octanol–water partition coefficient (Wildman–Crippen LogP) is 2.89. The molecule has 1 fully saturated rings. The van der Waals surface area contributed by atoms with Crippen LogP contribution in [0.25, 0.3) is 0 Å². The van der Waals surface area contributed by atoms with E-state index in [1.165, 1.54) is 5.56 Å². The fraction of sp³-hybridized carbons (Fsp3) is 0.632. The van der Waals surface area contributed by atoms with Gasteiger partial charge in [-0.2, -0.15) is 0 Å². The topological polar surface area (TPSA) is 53.0 Å². The summed E-state index contributed by atoms with van der Waals surface area (Å²) in [6, 6.07) is 6.14. The molecular weight excluding hydrogens is 304 g/mol. The minimum absolute atomic E-state index is 0.253. The summed E-state index contributed by atoms with van der Waals surface area (Å²) in [6.07, 6.45) is -0.754. The predicted molar refractivity (Wildman–Crippen MR) is 95.1 cm³/mol. The first-order valence-corrected chi connectivity index (χ1v) is 8.61. The van der Waals surface area contributed by atoms with Crippen LogP contribution in [0.2, 0.25) is 0 Å². The maximum absolute atomic E-state index is 12.1. The highest BCUT2D eigenvalue weighted by atomic mass is 16.6. The zero-order chi connectivity index (χ0) is 17.9. The Labute approximate surface area is 145 Å². The largest absolute Gasteiger partial charge is 0.444 e. The van der Waals surface area contributed by atoms with E-state index in [0.29, 0.717) is 19.6 Å². The van der Waals surface area contributed by atoms with E-state index < -0.39 is 11.7 Å². The molecule has 1 aliphatic rings. The van der Waals surface area contributed by atoms with E-state index in [0.717, 1.165) is 24.2 Å². The Kier molecular flexibility index (Phi) is 5.88. The van der Waals surface area contributed by atoms with Crippen molar-refractivity contribution < 1.29 is 14.6 Å². The summed E-state index contributed by atoms with van der Waals surface area (Å²) >= 11 is 0. The van der Waals surface area contributed by atoms with Crippen molar-refractivity contribution in [2.75, 3.05) is 32.7 Å². The summed E-state index contributed by atoms with van der Waals surface area (Å²) in [5, 5.41) is 10.5. The average molecular weight is 334 g/mol. The molecule has 0 aliphatic carbocycles. The molecule has 1 saturated heterocycles. The zero-order valence-electron chi connectivity index (χ0n) is 15.5. The number of aliphatic hydroxyl groups is 1. The van der Waals surface area contributed by atoms with Gasteiger partial charge in [0.2, 0.25) is 0 Å². The molecule has 0 radical (unpaired) electrons. The molecule has 1 aliphatic heterocycles. The Hall–Kier alpha value is -1.59. The smallest absolute Gasteiger partial charge is 0.410 e. The van der Waals surface area contributed by atoms with Crippen LogP contribution in [0, 0.1) is 13.8 Å². The number of aryl methyl sites for hydroxylation is 2. The van der Waals surface area contributed by atoms with Crippen LogP contribution >= 0.6 is 0 Å². The number of aliphatic hydroxyl groups excluding tert-OH is 1. The second-order valence-corrected chi connectivity index (χ2v) is 7.64. The number of nitrogens with zero attached hydrogens (tertiary/aromatic N) is 2. The van der Waals surface area contributed by atoms with Gasteiger partial charge in [-0.05, 0) is 45.7 Å². The Balaban J connectivity index is 1.85. The van der Waals surface area contributed by atoms with E-state index in [1.807, 2.05) is 39.8 Å². The number of hydrogen-bond donors (Lipinski definition) is 1. The maximum atomic E-state index is 12.1. The van der Waals surface area contributed by atoms with Crippen molar-refractivity contribution in [1.29, 1.82) is 0 Å². The van der Waals surface area contributed by atoms with E-state index in [9.17, 15) is 9.90 Å². The fourth-order valence-electron chi connectivity index (χ4n) is 2.98. The van der Waals surface area contributed by atoms with Crippen LogP contribution in [-0.2, 0) is 4.74 Å². The number of hydrogen-bond acceptors (Lipinski definition) is 4. The number of carbonyl (C=O) groups is 1. The molecule has 24 heavy (non-hydrogen) atoms. The quantitative estimate of drug-likeness (QED) is 0.923. The fourth-order valence-corrected chi connectivity index (χ4v) is 2.98. The van der Waals surface area contributed by atoms with Crippen LogP contribution in [0.15, 0.2) is 18.2 Å². The third-order valence-electron chi connectivity index (χ3n) is 4.24. The zero-order valence-corrected chi connectivity index (χ0v) is 15.5. The van der Waals surface area contributed by atoms with Crippen LogP contribution in [-0.4, -0.2) is 59.3 Å². The Bertz CT molecular complexity index is 572. The number of amides is 1. The summed E-state index contributed by atoms with van der Waals surface area (Å²) in [5.74, 6) is 0. The van der Waals surface area contributed by atoms with Gasteiger partial charge in [-0.25, -0.2) is 4.79 Å². The van der Waals surface area contributed by atoms with Crippen LogP contribution in [0.1, 0.15) is 43.6 Å². The minimum Gasteiger partial charge on any atom is -0.444 e. The van der Waals surface area contributed by atoms with Gasteiger partial charge in [-0.15, -0.1) is 0 Å². The lowest BCUT2D eigenvalue weighted by molar-refractivity contribution is 0.0101. The molecule has 1 amide bonds. The first kappa shape index (κ1) is 18.7. The summed E-state index contributed by atoms with van der Waals surface area (Å²) in [5.41, 5.74) is 2.84. The van der Waals surface area contributed by atoms with Crippen molar-refractivity contribution in [1.82, 2.24) is 9.80 Å². The van der Waals surface area contributed by atoms with E-state index in [4.69, 9.17) is 4.74 Å². The molecule has 2 rings (SSSR count). The van der Waals surface area contributed by atoms with Crippen molar-refractivity contribution in [3.05, 3.63) is 34.9 Å². The molecule has 1 aromatic rings. The molecule has 1 unspecified atom stereocenters. The molecule has 0 saturated carbocycles. The van der Waals surface area contributed by atoms with Gasteiger partial charge in [0.25, 0.3) is 0 Å². The highest BCUT2D eigenvalue weighted by Crippen LogP contribution is 2.21. The van der Waals surface area contributed by atoms with Crippen LogP contribution < -0.4 is 0 Å². The van der Waals surface area contributed by atoms with Crippen LogP contribution in [0.5, 0.6) is 0 Å². The Morgan fingerprint density at radius 2 is 1.83 bits per heavy atom. The van der Waals surface area contributed by atoms with Crippen LogP contribution in [0.4, 0.5) is 4.79 Å². The van der Waals surface area contributed by atoms with Gasteiger partial charge in [0.05, 0.1) is 6.10 Å². The standard InChI is InChI=1S/C19H30N2O3/c1-14-6-7-16(15(2)12-14)17(22)13-20-8-10-21(11-9-20)18(23)24-19(3,4)5/h6-7,12,17,22H,8-11,13H2,1-5H3. The van der Waals surface area contributed by atoms with Gasteiger partial charge >= 0.3 is 6.09 Å². The van der Waals surface area contributed by atoms with Gasteiger partial charge in [0, 0.05) is 32.7 Å². The number of piperazine rings is 1. The summed E-state index contributed by atoms with van der Waals surface area (Å²) in [4.78, 5) is 16.0. The highest BCUT2D eigenvalue weighted by molar-refractivity contribution is 5.68. The van der Waals surface area contributed by atoms with Crippen molar-refractivity contribution in [3.8, 4) is 0 Å². The highest BCUT2D eigenvalue weighted by Gasteiger charge is 2.26. The monoisotopic (exact) mass is 334 g/mol. The van der Waals surface area contributed by atoms with Gasteiger partial charge in [0.15, 0.2) is 0 Å². The SMILES string of the molecule is Cc1ccc(C(O)CN2CCN(C(=O)OC(C)(C)C)CC2)c(C)c1. The van der Waals surface area contributed by atoms with E-state index in [1.54, 1.807) is 4.90 Å². The van der Waals surface area contributed by atoms with E-state index in [-0.39, 0.29) is 6.09 Å². The molecule has 1 heterocycles. The summed E-state index contributed by atoms with van der Waals surface area (Å²) < 4.78 is 5.41. The number of ether oxygens (including phenoxy) is 1. The molecule has 1 atom stereocenters. The summed E-state index contributed by atoms with van der Waals surface area (Å²) in [7, 11) is 0. The lowest BCUT2D eigenvalue weighted by atomic mass is 10.0. The Morgan fingerprint density at radius 1 is 1.21 bits per heavy atom. The lowest BCUT2D eigenvalue weighted by Crippen LogP contribution is -2.50. The summed E-state index contributed by atoms with van der Waals surface area (Å²) in [6.45, 7) is 13.1. The third-order valence-corrected chi connectivity index (χ3v) is 4.24. The number of carbonyl (C=O) groups excluding carboxylic acids is 1. The van der Waals surface area contributed by atoms with Crippen molar-refractivity contribution >= 4 is 6.09 Å². The van der Waals surface area contributed by atoms with Gasteiger partial charge < -0.3 is 14.7 Å². The molecule has 5 nitrogen and oxygen atoms in total. The second-order valence-electron chi connectivity index (χ2n) is 7.64. The maximum Gasteiger partial charge on any atom is 0.410 e. The second kappa shape index (κ2) is 7.53. The Morgan fingerprint density at radius 3 is 2.38 bits per heavy atom. The number of benzene rings is 1. The third kappa shape index (κ3) is 5.21. The first-order chi connectivity index (χ1) is 11.2. The molecule has 1 N–H and O–H groups in total. The van der Waals surface area contributed by atoms with Crippen LogP contribution in [0.3, 0.4) is 0 Å². The molecular formula is C19H30N2O3. The lowest BCUT2D eigenvalue weighted by Gasteiger charge is -2.36. The van der Waals surface area contributed by atoms with Gasteiger partial charge in [-0.3, -0.25) is 4.90 Å². The minimum atomic E-state index is -0.501. The van der Waals surface area contributed by atoms with E-state index >= 15 is 0 Å². The molecule has 1 aromatic carbocycles. The van der Waals surface area contributed by atoms with E-state index in [2.05, 4.69) is 17.9 Å². The van der Waals surface area contributed by atoms with Gasteiger partial charge in [-0.1, -0.05) is 23.8 Å². The molecule has 134 valence electrons. The van der Waals surface area contributed by atoms with Crippen molar-refractivity contribution in [2.24, 2.45) is 0 Å². The van der Waals surface area contributed by atoms with Crippen molar-refractivity contribution in [3.63, 3.8) is 0 Å².